The van der Waals surface area contributed by atoms with E-state index in [-0.39, 0.29) is 5.56 Å². The molecule has 0 saturated heterocycles. The van der Waals surface area contributed by atoms with Gasteiger partial charge in [0.15, 0.2) is 0 Å². The molecule has 1 N–H and O–H groups in total. The Balaban J connectivity index is 1.67. The molecule has 0 fully saturated rings. The summed E-state index contributed by atoms with van der Waals surface area (Å²) < 4.78 is 12.9. The van der Waals surface area contributed by atoms with Gasteiger partial charge in [-0.3, -0.25) is 4.99 Å². The fraction of sp³-hybridized carbons (Fsp3) is 0.130. The highest BCUT2D eigenvalue weighted by atomic mass is 79.9. The molecule has 30 heavy (non-hydrogen) atoms. The molecule has 0 heterocycles. The number of hydrogen-bond donors (Lipinski definition) is 1. The summed E-state index contributed by atoms with van der Waals surface area (Å²) in [6.45, 7) is 2.90. The lowest BCUT2D eigenvalue weighted by atomic mass is 10.1. The summed E-state index contributed by atoms with van der Waals surface area (Å²) in [5.41, 5.74) is 2.86. The summed E-state index contributed by atoms with van der Waals surface area (Å²) in [6.07, 6.45) is 1.78. The van der Waals surface area contributed by atoms with E-state index >= 15 is 0 Å². The quantitative estimate of drug-likeness (QED) is 0.330. The molecule has 3 aromatic rings. The van der Waals surface area contributed by atoms with E-state index in [1.165, 1.54) is 0 Å². The van der Waals surface area contributed by atoms with E-state index in [9.17, 15) is 4.79 Å². The second-order valence-corrected chi connectivity index (χ2v) is 8.00. The monoisotopic (exact) mass is 531 g/mol. The van der Waals surface area contributed by atoms with Crippen molar-refractivity contribution in [3.63, 3.8) is 0 Å². The van der Waals surface area contributed by atoms with Crippen molar-refractivity contribution in [3.05, 3.63) is 86.3 Å². The van der Waals surface area contributed by atoms with Crippen LogP contribution in [0.5, 0.6) is 11.5 Å². The molecule has 0 bridgehead atoms. The maximum Gasteiger partial charge on any atom is 0.335 e. The van der Waals surface area contributed by atoms with Gasteiger partial charge in [0.05, 0.1) is 26.8 Å². The molecular formula is C23H19Br2NO4. The number of aromatic carboxylic acids is 1. The number of halogens is 2. The van der Waals surface area contributed by atoms with Gasteiger partial charge in [0.25, 0.3) is 0 Å². The van der Waals surface area contributed by atoms with Crippen LogP contribution in [0.4, 0.5) is 5.69 Å². The zero-order chi connectivity index (χ0) is 21.5. The zero-order valence-electron chi connectivity index (χ0n) is 16.1. The van der Waals surface area contributed by atoms with Gasteiger partial charge in [-0.05, 0) is 98.4 Å². The first-order valence-corrected chi connectivity index (χ1v) is 10.8. The van der Waals surface area contributed by atoms with Crippen molar-refractivity contribution in [2.45, 2.75) is 13.5 Å². The van der Waals surface area contributed by atoms with Crippen molar-refractivity contribution in [1.82, 2.24) is 0 Å². The number of benzene rings is 3. The van der Waals surface area contributed by atoms with Gasteiger partial charge in [-0.15, -0.1) is 0 Å². The van der Waals surface area contributed by atoms with E-state index < -0.39 is 5.97 Å². The Morgan fingerprint density at radius 3 is 2.20 bits per heavy atom. The molecule has 0 atom stereocenters. The topological polar surface area (TPSA) is 68.1 Å². The van der Waals surface area contributed by atoms with E-state index in [2.05, 4.69) is 36.9 Å². The Morgan fingerprint density at radius 2 is 1.63 bits per heavy atom. The molecule has 0 aliphatic rings. The fourth-order valence-corrected chi connectivity index (χ4v) is 4.09. The highest BCUT2D eigenvalue weighted by molar-refractivity contribution is 9.11. The third kappa shape index (κ3) is 5.93. The molecule has 7 heteroatoms. The van der Waals surface area contributed by atoms with Gasteiger partial charge < -0.3 is 14.6 Å². The van der Waals surface area contributed by atoms with Crippen molar-refractivity contribution in [3.8, 4) is 11.5 Å². The maximum atomic E-state index is 10.9. The predicted octanol–water partition coefficient (Wildman–Crippen LogP) is 6.64. The molecule has 154 valence electrons. The Hall–Kier alpha value is -2.64. The number of carboxylic acid groups (broad SMARTS) is 1. The van der Waals surface area contributed by atoms with E-state index in [0.29, 0.717) is 19.0 Å². The van der Waals surface area contributed by atoms with Gasteiger partial charge >= 0.3 is 5.97 Å². The first-order chi connectivity index (χ1) is 14.5. The van der Waals surface area contributed by atoms with Gasteiger partial charge in [-0.1, -0.05) is 12.1 Å². The average molecular weight is 533 g/mol. The summed E-state index contributed by atoms with van der Waals surface area (Å²) in [7, 11) is 0. The van der Waals surface area contributed by atoms with Gasteiger partial charge in [0.1, 0.15) is 18.1 Å². The van der Waals surface area contributed by atoms with Crippen molar-refractivity contribution in [2.24, 2.45) is 4.99 Å². The van der Waals surface area contributed by atoms with Crippen LogP contribution in [0.25, 0.3) is 0 Å². The van der Waals surface area contributed by atoms with Crippen molar-refractivity contribution in [1.29, 1.82) is 0 Å². The Labute approximate surface area is 191 Å². The van der Waals surface area contributed by atoms with E-state index in [1.54, 1.807) is 30.5 Å². The predicted molar refractivity (Wildman–Crippen MR) is 124 cm³/mol. The van der Waals surface area contributed by atoms with Crippen LogP contribution in [0, 0.1) is 0 Å². The number of aliphatic imine (C=N–C) groups is 1. The second kappa shape index (κ2) is 10.4. The van der Waals surface area contributed by atoms with Crippen molar-refractivity contribution >= 4 is 49.7 Å². The van der Waals surface area contributed by atoms with Gasteiger partial charge in [-0.25, -0.2) is 4.79 Å². The minimum absolute atomic E-state index is 0.247. The number of carboxylic acids is 1. The molecule has 5 nitrogen and oxygen atoms in total. The standard InChI is InChI=1S/C23H19Br2NO4/c1-2-29-19-9-7-18(8-10-19)26-13-16-11-20(24)22(21(25)12-16)30-14-15-3-5-17(6-4-15)23(27)28/h3-13H,2,14H2,1H3,(H,27,28). The van der Waals surface area contributed by atoms with Gasteiger partial charge in [0.2, 0.25) is 0 Å². The smallest absolute Gasteiger partial charge is 0.335 e. The number of nitrogens with zero attached hydrogens (tertiary/aromatic N) is 1. The first-order valence-electron chi connectivity index (χ1n) is 9.17. The van der Waals surface area contributed by atoms with Gasteiger partial charge in [0, 0.05) is 6.21 Å². The molecule has 0 radical (unpaired) electrons. The molecule has 3 aromatic carbocycles. The molecule has 0 unspecified atom stereocenters. The highest BCUT2D eigenvalue weighted by Gasteiger charge is 2.09. The van der Waals surface area contributed by atoms with E-state index in [4.69, 9.17) is 14.6 Å². The van der Waals surface area contributed by atoms with Crippen LogP contribution in [-0.2, 0) is 6.61 Å². The third-order valence-corrected chi connectivity index (χ3v) is 5.29. The molecule has 0 aromatic heterocycles. The zero-order valence-corrected chi connectivity index (χ0v) is 19.3. The molecule has 0 aliphatic carbocycles. The van der Waals surface area contributed by atoms with Crippen LogP contribution in [0.2, 0.25) is 0 Å². The first kappa shape index (κ1) is 22.1. The third-order valence-electron chi connectivity index (χ3n) is 4.12. The Bertz CT molecular complexity index is 1020. The van der Waals surface area contributed by atoms with Crippen LogP contribution in [0.15, 0.2) is 74.6 Å². The number of rotatable bonds is 8. The average Bonchev–Trinajstić information content (AvgIpc) is 2.73. The Kier molecular flexibility index (Phi) is 7.65. The SMILES string of the molecule is CCOc1ccc(N=Cc2cc(Br)c(OCc3ccc(C(=O)O)cc3)c(Br)c2)cc1. The van der Waals surface area contributed by atoms with E-state index in [0.717, 1.165) is 31.5 Å². The second-order valence-electron chi connectivity index (χ2n) is 6.29. The number of hydrogen-bond acceptors (Lipinski definition) is 4. The van der Waals surface area contributed by atoms with Crippen molar-refractivity contribution < 1.29 is 19.4 Å². The maximum absolute atomic E-state index is 10.9. The van der Waals surface area contributed by atoms with Crippen LogP contribution in [-0.4, -0.2) is 23.9 Å². The summed E-state index contributed by atoms with van der Waals surface area (Å²) in [5, 5.41) is 8.97. The fourth-order valence-electron chi connectivity index (χ4n) is 2.64. The minimum Gasteiger partial charge on any atom is -0.494 e. The van der Waals surface area contributed by atoms with Crippen LogP contribution < -0.4 is 9.47 Å². The lowest BCUT2D eigenvalue weighted by Gasteiger charge is -2.11. The van der Waals surface area contributed by atoms with Gasteiger partial charge in [-0.2, -0.15) is 0 Å². The lowest BCUT2D eigenvalue weighted by molar-refractivity contribution is 0.0697. The summed E-state index contributed by atoms with van der Waals surface area (Å²) in [5.74, 6) is 0.534. The highest BCUT2D eigenvalue weighted by Crippen LogP contribution is 2.35. The van der Waals surface area contributed by atoms with Crippen LogP contribution in [0.3, 0.4) is 0 Å². The number of ether oxygens (including phenoxy) is 2. The summed E-state index contributed by atoms with van der Waals surface area (Å²) >= 11 is 7.09. The number of carbonyl (C=O) groups is 1. The summed E-state index contributed by atoms with van der Waals surface area (Å²) in [4.78, 5) is 15.4. The molecule has 0 spiro atoms. The summed E-state index contributed by atoms with van der Waals surface area (Å²) in [6, 6.07) is 18.0. The Morgan fingerprint density at radius 1 is 1.00 bits per heavy atom. The van der Waals surface area contributed by atoms with E-state index in [1.807, 2.05) is 43.3 Å². The van der Waals surface area contributed by atoms with Crippen LogP contribution in [0.1, 0.15) is 28.4 Å². The molecule has 0 aliphatic heterocycles. The molecular weight excluding hydrogens is 514 g/mol. The molecule has 0 amide bonds. The minimum atomic E-state index is -0.949. The molecule has 0 saturated carbocycles. The van der Waals surface area contributed by atoms with Crippen LogP contribution >= 0.6 is 31.9 Å². The van der Waals surface area contributed by atoms with Crippen molar-refractivity contribution in [2.75, 3.05) is 6.61 Å². The lowest BCUT2D eigenvalue weighted by Crippen LogP contribution is -2.00. The molecule has 3 rings (SSSR count). The largest absolute Gasteiger partial charge is 0.494 e. The normalized spacial score (nSPS) is 10.9.